The zero-order chi connectivity index (χ0) is 15.3. The van der Waals surface area contributed by atoms with Crippen LogP contribution in [-0.4, -0.2) is 31.4 Å². The number of hydrogen-bond acceptors (Lipinski definition) is 4. The average molecular weight is 412 g/mol. The maximum absolute atomic E-state index is 12.0. The number of sulfonamides is 1. The molecule has 1 aromatic rings. The molecule has 20 heavy (non-hydrogen) atoms. The van der Waals surface area contributed by atoms with Crippen LogP contribution in [0.4, 0.5) is 0 Å². The SMILES string of the molecule is NC(=O)CC[C@@H](NS(=O)(=O)c1ccc(I)cc1)C(=O)O. The third-order valence-electron chi connectivity index (χ3n) is 2.40. The molecule has 0 heterocycles. The monoisotopic (exact) mass is 412 g/mol. The lowest BCUT2D eigenvalue weighted by Crippen LogP contribution is -2.41. The molecule has 1 rings (SSSR count). The van der Waals surface area contributed by atoms with Gasteiger partial charge in [-0.15, -0.1) is 0 Å². The van der Waals surface area contributed by atoms with Crippen molar-refractivity contribution in [2.75, 3.05) is 0 Å². The summed E-state index contributed by atoms with van der Waals surface area (Å²) in [5.74, 6) is -2.05. The molecule has 1 atom stereocenters. The fourth-order valence-corrected chi connectivity index (χ4v) is 2.97. The summed E-state index contributed by atoms with van der Waals surface area (Å²) in [5.41, 5.74) is 4.92. The molecule has 0 bridgehead atoms. The summed E-state index contributed by atoms with van der Waals surface area (Å²) in [7, 11) is -3.96. The number of carbonyl (C=O) groups excluding carboxylic acids is 1. The fraction of sp³-hybridized carbons (Fsp3) is 0.273. The highest BCUT2D eigenvalue weighted by Gasteiger charge is 2.25. The van der Waals surface area contributed by atoms with Gasteiger partial charge >= 0.3 is 5.97 Å². The van der Waals surface area contributed by atoms with E-state index in [1.807, 2.05) is 27.3 Å². The van der Waals surface area contributed by atoms with E-state index in [9.17, 15) is 18.0 Å². The Morgan fingerprint density at radius 2 is 1.85 bits per heavy atom. The summed E-state index contributed by atoms with van der Waals surface area (Å²) in [6.45, 7) is 0. The van der Waals surface area contributed by atoms with Gasteiger partial charge in [0.15, 0.2) is 0 Å². The van der Waals surface area contributed by atoms with E-state index < -0.39 is 27.9 Å². The molecule has 9 heteroatoms. The minimum atomic E-state index is -3.96. The zero-order valence-corrected chi connectivity index (χ0v) is 13.2. The Labute approximate surface area is 129 Å². The number of carboxylic acid groups (broad SMARTS) is 1. The Kier molecular flexibility index (Phi) is 5.89. The van der Waals surface area contributed by atoms with Crippen molar-refractivity contribution >= 4 is 44.5 Å². The Bertz CT molecular complexity index is 600. The van der Waals surface area contributed by atoms with Crippen molar-refractivity contribution in [2.45, 2.75) is 23.8 Å². The van der Waals surface area contributed by atoms with Crippen molar-refractivity contribution in [3.8, 4) is 0 Å². The predicted molar refractivity (Wildman–Crippen MR) is 79.3 cm³/mol. The number of carbonyl (C=O) groups is 2. The molecule has 1 aromatic carbocycles. The van der Waals surface area contributed by atoms with E-state index in [4.69, 9.17) is 10.8 Å². The van der Waals surface area contributed by atoms with Crippen LogP contribution in [0.15, 0.2) is 29.2 Å². The van der Waals surface area contributed by atoms with Gasteiger partial charge in [-0.05, 0) is 53.3 Å². The number of nitrogens with two attached hydrogens (primary N) is 1. The molecule has 0 aliphatic carbocycles. The second kappa shape index (κ2) is 6.99. The molecule has 110 valence electrons. The van der Waals surface area contributed by atoms with Crippen LogP contribution in [0.1, 0.15) is 12.8 Å². The van der Waals surface area contributed by atoms with Crippen LogP contribution in [0.5, 0.6) is 0 Å². The van der Waals surface area contributed by atoms with Crippen molar-refractivity contribution in [3.05, 3.63) is 27.8 Å². The van der Waals surface area contributed by atoms with Crippen molar-refractivity contribution in [3.63, 3.8) is 0 Å². The van der Waals surface area contributed by atoms with Gasteiger partial charge in [0.1, 0.15) is 6.04 Å². The quantitative estimate of drug-likeness (QED) is 0.555. The number of nitrogens with one attached hydrogen (secondary N) is 1. The van der Waals surface area contributed by atoms with E-state index in [0.29, 0.717) is 0 Å². The van der Waals surface area contributed by atoms with E-state index in [1.165, 1.54) is 12.1 Å². The van der Waals surface area contributed by atoms with Crippen LogP contribution >= 0.6 is 22.6 Å². The van der Waals surface area contributed by atoms with Crippen LogP contribution in [-0.2, 0) is 19.6 Å². The number of amides is 1. The molecule has 0 spiro atoms. The lowest BCUT2D eigenvalue weighted by atomic mass is 10.2. The van der Waals surface area contributed by atoms with Gasteiger partial charge in [0.2, 0.25) is 15.9 Å². The molecule has 0 fully saturated rings. The van der Waals surface area contributed by atoms with Gasteiger partial charge in [0, 0.05) is 9.99 Å². The van der Waals surface area contributed by atoms with E-state index in [-0.39, 0.29) is 17.7 Å². The van der Waals surface area contributed by atoms with Crippen LogP contribution in [0.3, 0.4) is 0 Å². The van der Waals surface area contributed by atoms with Crippen molar-refractivity contribution in [2.24, 2.45) is 5.73 Å². The highest BCUT2D eigenvalue weighted by Crippen LogP contribution is 2.13. The molecular weight excluding hydrogens is 399 g/mol. The smallest absolute Gasteiger partial charge is 0.321 e. The Balaban J connectivity index is 2.88. The Morgan fingerprint density at radius 3 is 2.30 bits per heavy atom. The van der Waals surface area contributed by atoms with Crippen LogP contribution in [0.25, 0.3) is 0 Å². The number of primary amides is 1. The van der Waals surface area contributed by atoms with Gasteiger partial charge in [0.25, 0.3) is 0 Å². The second-order valence-electron chi connectivity index (χ2n) is 3.97. The van der Waals surface area contributed by atoms with E-state index >= 15 is 0 Å². The van der Waals surface area contributed by atoms with Crippen molar-refractivity contribution in [1.29, 1.82) is 0 Å². The number of rotatable bonds is 7. The maximum Gasteiger partial charge on any atom is 0.321 e. The molecule has 0 radical (unpaired) electrons. The first-order valence-corrected chi connectivity index (χ1v) is 8.07. The number of halogens is 1. The van der Waals surface area contributed by atoms with Gasteiger partial charge in [-0.2, -0.15) is 4.72 Å². The third-order valence-corrected chi connectivity index (χ3v) is 4.61. The van der Waals surface area contributed by atoms with Crippen molar-refractivity contribution in [1.82, 2.24) is 4.72 Å². The molecule has 0 saturated carbocycles. The van der Waals surface area contributed by atoms with E-state index in [1.54, 1.807) is 12.1 Å². The standard InChI is InChI=1S/C11H13IN2O5S/c12-7-1-3-8(4-2-7)20(18,19)14-9(11(16)17)5-6-10(13)15/h1-4,9,14H,5-6H2,(H2,13,15)(H,16,17)/t9-/m1/s1. The first-order chi connectivity index (χ1) is 9.22. The number of benzene rings is 1. The average Bonchev–Trinajstić information content (AvgIpc) is 2.34. The molecule has 4 N–H and O–H groups in total. The molecule has 0 unspecified atom stereocenters. The molecule has 0 aromatic heterocycles. The van der Waals surface area contributed by atoms with E-state index in [2.05, 4.69) is 0 Å². The van der Waals surface area contributed by atoms with Crippen molar-refractivity contribution < 1.29 is 23.1 Å². The second-order valence-corrected chi connectivity index (χ2v) is 6.93. The third kappa shape index (κ3) is 5.06. The molecular formula is C11H13IN2O5S. The summed E-state index contributed by atoms with van der Waals surface area (Å²) in [6.07, 6.45) is -0.416. The van der Waals surface area contributed by atoms with Crippen LogP contribution < -0.4 is 10.5 Å². The number of carboxylic acids is 1. The molecule has 7 nitrogen and oxygen atoms in total. The largest absolute Gasteiger partial charge is 0.480 e. The Hall–Kier alpha value is -1.20. The minimum Gasteiger partial charge on any atom is -0.480 e. The highest BCUT2D eigenvalue weighted by molar-refractivity contribution is 14.1. The maximum atomic E-state index is 12.0. The summed E-state index contributed by atoms with van der Waals surface area (Å²) in [6, 6.07) is 4.53. The van der Waals surface area contributed by atoms with Crippen LogP contribution in [0.2, 0.25) is 0 Å². The fourth-order valence-electron chi connectivity index (χ4n) is 1.39. The van der Waals surface area contributed by atoms with Gasteiger partial charge in [-0.3, -0.25) is 9.59 Å². The molecule has 0 aliphatic rings. The molecule has 0 saturated heterocycles. The Morgan fingerprint density at radius 1 is 1.30 bits per heavy atom. The zero-order valence-electron chi connectivity index (χ0n) is 10.2. The van der Waals surface area contributed by atoms with Gasteiger partial charge in [0.05, 0.1) is 4.90 Å². The lowest BCUT2D eigenvalue weighted by molar-refractivity contribution is -0.139. The first-order valence-electron chi connectivity index (χ1n) is 5.51. The molecule has 0 aliphatic heterocycles. The van der Waals surface area contributed by atoms with E-state index in [0.717, 1.165) is 3.57 Å². The van der Waals surface area contributed by atoms with Gasteiger partial charge < -0.3 is 10.8 Å². The summed E-state index contributed by atoms with van der Waals surface area (Å²) in [5, 5.41) is 8.96. The first kappa shape index (κ1) is 16.9. The number of aliphatic carboxylic acids is 1. The topological polar surface area (TPSA) is 127 Å². The summed E-state index contributed by atoms with van der Waals surface area (Å²) < 4.78 is 26.9. The number of hydrogen-bond donors (Lipinski definition) is 3. The normalized spacial score (nSPS) is 12.8. The molecule has 1 amide bonds. The lowest BCUT2D eigenvalue weighted by Gasteiger charge is -2.14. The highest BCUT2D eigenvalue weighted by atomic mass is 127. The summed E-state index contributed by atoms with van der Waals surface area (Å²) >= 11 is 2.02. The van der Waals surface area contributed by atoms with Gasteiger partial charge in [-0.25, -0.2) is 8.42 Å². The minimum absolute atomic E-state index is 0.0387. The summed E-state index contributed by atoms with van der Waals surface area (Å²) in [4.78, 5) is 21.6. The van der Waals surface area contributed by atoms with Gasteiger partial charge in [-0.1, -0.05) is 0 Å². The predicted octanol–water partition coefficient (Wildman–Crippen LogP) is 0.288. The van der Waals surface area contributed by atoms with Crippen LogP contribution in [0, 0.1) is 3.57 Å².